The quantitative estimate of drug-likeness (QED) is 0.575. The highest BCUT2D eigenvalue weighted by atomic mass is 16.5. The van der Waals surface area contributed by atoms with Crippen molar-refractivity contribution in [2.24, 2.45) is 0 Å². The molecule has 0 aliphatic carbocycles. The molecular formula is C22H26N2O. The largest absolute Gasteiger partial charge is 0.488 e. The van der Waals surface area contributed by atoms with Crippen molar-refractivity contribution >= 4 is 11.4 Å². The molecule has 3 heteroatoms. The van der Waals surface area contributed by atoms with E-state index in [1.54, 1.807) is 0 Å². The molecule has 0 aromatic heterocycles. The molecular weight excluding hydrogens is 308 g/mol. The zero-order chi connectivity index (χ0) is 18.0. The lowest BCUT2D eigenvalue weighted by atomic mass is 10.2. The summed E-state index contributed by atoms with van der Waals surface area (Å²) in [6.07, 6.45) is 0. The number of hydrazine groups is 1. The van der Waals surface area contributed by atoms with Gasteiger partial charge >= 0.3 is 0 Å². The van der Waals surface area contributed by atoms with E-state index in [0.717, 1.165) is 17.1 Å². The molecule has 0 heterocycles. The Bertz CT molecular complexity index is 668. The van der Waals surface area contributed by atoms with Crippen molar-refractivity contribution < 1.29 is 4.74 Å². The molecule has 3 nitrogen and oxygen atoms in total. The topological polar surface area (TPSA) is 33.3 Å². The van der Waals surface area contributed by atoms with Crippen LogP contribution in [-0.4, -0.2) is 5.60 Å². The fraction of sp³-hybridized carbons (Fsp3) is 0.182. The van der Waals surface area contributed by atoms with Gasteiger partial charge in [0.2, 0.25) is 0 Å². The van der Waals surface area contributed by atoms with Crippen LogP contribution < -0.4 is 15.6 Å². The first-order chi connectivity index (χ1) is 12.0. The average Bonchev–Trinajstić information content (AvgIpc) is 2.62. The molecule has 3 rings (SSSR count). The molecule has 130 valence electrons. The van der Waals surface area contributed by atoms with Gasteiger partial charge in [-0.1, -0.05) is 54.6 Å². The van der Waals surface area contributed by atoms with Gasteiger partial charge in [-0.3, -0.25) is 0 Å². The number of rotatable bonds is 4. The lowest BCUT2D eigenvalue weighted by molar-refractivity contribution is 0.131. The van der Waals surface area contributed by atoms with Crippen LogP contribution in [0.25, 0.3) is 0 Å². The first-order valence-electron chi connectivity index (χ1n) is 8.39. The normalized spacial score (nSPS) is 10.2. The van der Waals surface area contributed by atoms with Gasteiger partial charge < -0.3 is 15.6 Å². The molecule has 0 spiro atoms. The molecule has 0 saturated carbocycles. The molecule has 2 N–H and O–H groups in total. The Hall–Kier alpha value is -2.94. The van der Waals surface area contributed by atoms with Gasteiger partial charge in [0, 0.05) is 0 Å². The lowest BCUT2D eigenvalue weighted by Crippen LogP contribution is -2.22. The maximum atomic E-state index is 5.60. The van der Waals surface area contributed by atoms with Gasteiger partial charge in [0.15, 0.2) is 0 Å². The second-order valence-corrected chi connectivity index (χ2v) is 6.51. The summed E-state index contributed by atoms with van der Waals surface area (Å²) in [6.45, 7) is 6.12. The van der Waals surface area contributed by atoms with Crippen LogP contribution in [0.3, 0.4) is 0 Å². The van der Waals surface area contributed by atoms with E-state index in [-0.39, 0.29) is 5.60 Å². The van der Waals surface area contributed by atoms with Gasteiger partial charge in [-0.25, -0.2) is 0 Å². The highest BCUT2D eigenvalue weighted by Gasteiger charge is 2.10. The number of para-hydroxylation sites is 3. The number of ether oxygens (including phenoxy) is 1. The van der Waals surface area contributed by atoms with Crippen LogP contribution in [0.2, 0.25) is 0 Å². The first kappa shape index (κ1) is 18.4. The van der Waals surface area contributed by atoms with Crippen LogP contribution in [0, 0.1) is 0 Å². The SMILES string of the molecule is CC(C)(C)Oc1ccccc1.c1ccc(NNc2ccccc2)cc1. The fourth-order valence-corrected chi connectivity index (χ4v) is 2.03. The first-order valence-corrected chi connectivity index (χ1v) is 8.39. The summed E-state index contributed by atoms with van der Waals surface area (Å²) >= 11 is 0. The Labute approximate surface area is 150 Å². The third-order valence-corrected chi connectivity index (χ3v) is 3.07. The molecule has 25 heavy (non-hydrogen) atoms. The summed E-state index contributed by atoms with van der Waals surface area (Å²) in [4.78, 5) is 0. The second-order valence-electron chi connectivity index (χ2n) is 6.51. The lowest BCUT2D eigenvalue weighted by Gasteiger charge is -2.20. The number of anilines is 2. The predicted octanol–water partition coefficient (Wildman–Crippen LogP) is 5.99. The maximum Gasteiger partial charge on any atom is 0.120 e. The summed E-state index contributed by atoms with van der Waals surface area (Å²) in [5.74, 6) is 0.931. The van der Waals surface area contributed by atoms with Crippen molar-refractivity contribution in [3.05, 3.63) is 91.0 Å². The van der Waals surface area contributed by atoms with E-state index in [9.17, 15) is 0 Å². The Balaban J connectivity index is 0.000000186. The maximum absolute atomic E-state index is 5.60. The van der Waals surface area contributed by atoms with Gasteiger partial charge in [-0.2, -0.15) is 0 Å². The Morgan fingerprint density at radius 3 is 1.28 bits per heavy atom. The highest BCUT2D eigenvalue weighted by molar-refractivity contribution is 5.51. The minimum Gasteiger partial charge on any atom is -0.488 e. The van der Waals surface area contributed by atoms with Crippen molar-refractivity contribution in [2.45, 2.75) is 26.4 Å². The average molecular weight is 334 g/mol. The predicted molar refractivity (Wildman–Crippen MR) is 107 cm³/mol. The molecule has 0 atom stereocenters. The van der Waals surface area contributed by atoms with Crippen molar-refractivity contribution in [3.8, 4) is 5.75 Å². The Morgan fingerprint density at radius 1 is 0.560 bits per heavy atom. The fourth-order valence-electron chi connectivity index (χ4n) is 2.03. The minimum absolute atomic E-state index is 0.0959. The molecule has 0 aliphatic heterocycles. The van der Waals surface area contributed by atoms with Crippen LogP contribution in [-0.2, 0) is 0 Å². The van der Waals surface area contributed by atoms with Crippen LogP contribution in [0.4, 0.5) is 11.4 Å². The van der Waals surface area contributed by atoms with E-state index in [2.05, 4.69) is 10.9 Å². The second kappa shape index (κ2) is 9.38. The van der Waals surface area contributed by atoms with Crippen molar-refractivity contribution in [3.63, 3.8) is 0 Å². The van der Waals surface area contributed by atoms with Crippen molar-refractivity contribution in [1.82, 2.24) is 0 Å². The zero-order valence-electron chi connectivity index (χ0n) is 15.1. The molecule has 0 fully saturated rings. The van der Waals surface area contributed by atoms with E-state index in [1.165, 1.54) is 0 Å². The van der Waals surface area contributed by atoms with E-state index in [1.807, 2.05) is 112 Å². The Kier molecular flexibility index (Phi) is 6.90. The monoisotopic (exact) mass is 334 g/mol. The van der Waals surface area contributed by atoms with Crippen LogP contribution in [0.15, 0.2) is 91.0 Å². The summed E-state index contributed by atoms with van der Waals surface area (Å²) in [6, 6.07) is 29.9. The van der Waals surface area contributed by atoms with E-state index < -0.39 is 0 Å². The van der Waals surface area contributed by atoms with Crippen molar-refractivity contribution in [1.29, 1.82) is 0 Å². The molecule has 0 saturated heterocycles. The van der Waals surface area contributed by atoms with Crippen LogP contribution in [0.1, 0.15) is 20.8 Å². The molecule has 0 radical (unpaired) electrons. The number of hydrogen-bond donors (Lipinski definition) is 2. The van der Waals surface area contributed by atoms with Gasteiger partial charge in [-0.05, 0) is 57.2 Å². The minimum atomic E-state index is -0.0959. The van der Waals surface area contributed by atoms with Crippen molar-refractivity contribution in [2.75, 3.05) is 10.9 Å². The smallest absolute Gasteiger partial charge is 0.120 e. The van der Waals surface area contributed by atoms with E-state index in [0.29, 0.717) is 0 Å². The number of nitrogens with one attached hydrogen (secondary N) is 2. The van der Waals surface area contributed by atoms with Crippen LogP contribution in [0.5, 0.6) is 5.75 Å². The number of hydrogen-bond acceptors (Lipinski definition) is 3. The van der Waals surface area contributed by atoms with Gasteiger partial charge in [-0.15, -0.1) is 0 Å². The summed E-state index contributed by atoms with van der Waals surface area (Å²) in [5, 5.41) is 0. The summed E-state index contributed by atoms with van der Waals surface area (Å²) in [7, 11) is 0. The van der Waals surface area contributed by atoms with Gasteiger partial charge in [0.05, 0.1) is 11.4 Å². The molecule has 0 amide bonds. The zero-order valence-corrected chi connectivity index (χ0v) is 15.1. The molecule has 3 aromatic carbocycles. The third-order valence-electron chi connectivity index (χ3n) is 3.07. The van der Waals surface area contributed by atoms with Gasteiger partial charge in [0.25, 0.3) is 0 Å². The van der Waals surface area contributed by atoms with Gasteiger partial charge in [0.1, 0.15) is 11.4 Å². The number of benzene rings is 3. The third kappa shape index (κ3) is 7.93. The molecule has 0 unspecified atom stereocenters. The molecule has 0 aliphatic rings. The summed E-state index contributed by atoms with van der Waals surface area (Å²) < 4.78 is 5.60. The summed E-state index contributed by atoms with van der Waals surface area (Å²) in [5.41, 5.74) is 8.23. The molecule has 0 bridgehead atoms. The van der Waals surface area contributed by atoms with E-state index in [4.69, 9.17) is 4.74 Å². The highest BCUT2D eigenvalue weighted by Crippen LogP contribution is 2.16. The standard InChI is InChI=1S/C12H12N2.C10H14O/c1-3-7-11(8-4-1)13-14-12-9-5-2-6-10-12;1-10(2,3)11-9-7-5-4-6-8-9/h1-10,13-14H;4-8H,1-3H3. The van der Waals surface area contributed by atoms with E-state index >= 15 is 0 Å². The Morgan fingerprint density at radius 2 is 0.920 bits per heavy atom. The van der Waals surface area contributed by atoms with Crippen LogP contribution >= 0.6 is 0 Å². The molecule has 3 aromatic rings.